The van der Waals surface area contributed by atoms with Crippen LogP contribution in [0.25, 0.3) is 0 Å². The molecule has 1 amide bonds. The zero-order valence-electron chi connectivity index (χ0n) is 13.1. The van der Waals surface area contributed by atoms with E-state index in [0.29, 0.717) is 11.2 Å². The van der Waals surface area contributed by atoms with Crippen molar-refractivity contribution in [1.29, 1.82) is 0 Å². The number of nitrogens with one attached hydrogen (secondary N) is 1. The van der Waals surface area contributed by atoms with Gasteiger partial charge in [-0.2, -0.15) is 11.8 Å². The summed E-state index contributed by atoms with van der Waals surface area (Å²) in [6.45, 7) is 3.73. The topological polar surface area (TPSA) is 58.1 Å². The lowest BCUT2D eigenvalue weighted by molar-refractivity contribution is -0.120. The van der Waals surface area contributed by atoms with E-state index < -0.39 is 0 Å². The lowest BCUT2D eigenvalue weighted by Gasteiger charge is -2.35. The normalized spacial score (nSPS) is 20.0. The number of thioether (sulfide) groups is 1. The van der Waals surface area contributed by atoms with Gasteiger partial charge < -0.3 is 0 Å². The van der Waals surface area contributed by atoms with Gasteiger partial charge in [-0.05, 0) is 18.6 Å². The van der Waals surface area contributed by atoms with Crippen molar-refractivity contribution < 1.29 is 4.79 Å². The highest BCUT2D eigenvalue weighted by Crippen LogP contribution is 2.33. The molecule has 5 nitrogen and oxygen atoms in total. The van der Waals surface area contributed by atoms with Crippen LogP contribution >= 0.6 is 11.8 Å². The summed E-state index contributed by atoms with van der Waals surface area (Å²) in [5.74, 6) is 1.32. The van der Waals surface area contributed by atoms with Crippen LogP contribution in [0.1, 0.15) is 17.7 Å². The Bertz CT molecular complexity index is 638. The number of aromatic nitrogens is 2. The van der Waals surface area contributed by atoms with Gasteiger partial charge in [-0.25, -0.2) is 9.97 Å². The summed E-state index contributed by atoms with van der Waals surface area (Å²) in [6.07, 6.45) is 3.24. The largest absolute Gasteiger partial charge is 0.293 e. The minimum absolute atomic E-state index is 0.0603. The Balaban J connectivity index is 1.62. The summed E-state index contributed by atoms with van der Waals surface area (Å²) < 4.78 is 0. The van der Waals surface area contributed by atoms with E-state index in [1.165, 1.54) is 5.56 Å². The molecule has 2 heterocycles. The van der Waals surface area contributed by atoms with E-state index in [0.717, 1.165) is 18.8 Å². The number of hydrogen-bond donors (Lipinski definition) is 1. The molecule has 2 aromatic rings. The van der Waals surface area contributed by atoms with Crippen molar-refractivity contribution in [2.45, 2.75) is 18.2 Å². The van der Waals surface area contributed by atoms with Gasteiger partial charge in [0.1, 0.15) is 0 Å². The first kappa shape index (κ1) is 16.0. The van der Waals surface area contributed by atoms with Crippen molar-refractivity contribution in [1.82, 2.24) is 14.9 Å². The van der Waals surface area contributed by atoms with Crippen molar-refractivity contribution in [3.05, 3.63) is 54.4 Å². The average Bonchev–Trinajstić information content (AvgIpc) is 2.63. The number of anilines is 1. The van der Waals surface area contributed by atoms with Gasteiger partial charge in [-0.15, -0.1) is 0 Å². The second kappa shape index (κ2) is 7.57. The smallest absolute Gasteiger partial charge is 0.243 e. The van der Waals surface area contributed by atoms with E-state index in [2.05, 4.69) is 44.5 Å². The maximum atomic E-state index is 12.4. The summed E-state index contributed by atoms with van der Waals surface area (Å²) in [5, 5.41) is 3.19. The Morgan fingerprint density at radius 2 is 2.00 bits per heavy atom. The SMILES string of the molecule is C[C@@H](C(=O)Nc1ncccn1)N1CCS[C@H](c2ccccc2)C1. The highest BCUT2D eigenvalue weighted by molar-refractivity contribution is 7.99. The third-order valence-corrected chi connectivity index (χ3v) is 5.24. The summed E-state index contributed by atoms with van der Waals surface area (Å²) in [4.78, 5) is 22.7. The molecule has 3 rings (SSSR count). The molecular weight excluding hydrogens is 308 g/mol. The monoisotopic (exact) mass is 328 g/mol. The summed E-state index contributed by atoms with van der Waals surface area (Å²) in [5.41, 5.74) is 1.32. The first-order valence-electron chi connectivity index (χ1n) is 7.72. The molecule has 0 aliphatic carbocycles. The van der Waals surface area contributed by atoms with Gasteiger partial charge >= 0.3 is 0 Å². The standard InChI is InChI=1S/C17H20N4OS/c1-13(16(22)20-17-18-8-5-9-19-17)21-10-11-23-15(12-21)14-6-3-2-4-7-14/h2-9,13,15H,10-12H2,1H3,(H,18,19,20,22)/t13-,15-/m0/s1. The number of rotatable bonds is 4. The first-order chi connectivity index (χ1) is 11.2. The lowest BCUT2D eigenvalue weighted by atomic mass is 10.1. The highest BCUT2D eigenvalue weighted by atomic mass is 32.2. The highest BCUT2D eigenvalue weighted by Gasteiger charge is 2.28. The Morgan fingerprint density at radius 1 is 1.26 bits per heavy atom. The van der Waals surface area contributed by atoms with E-state index in [1.807, 2.05) is 24.8 Å². The number of hydrogen-bond acceptors (Lipinski definition) is 5. The second-order valence-electron chi connectivity index (χ2n) is 5.50. The van der Waals surface area contributed by atoms with E-state index in [1.54, 1.807) is 18.5 Å². The molecule has 23 heavy (non-hydrogen) atoms. The van der Waals surface area contributed by atoms with Gasteiger partial charge in [-0.3, -0.25) is 15.0 Å². The molecule has 1 aromatic heterocycles. The zero-order valence-corrected chi connectivity index (χ0v) is 13.9. The Kier molecular flexibility index (Phi) is 5.25. The van der Waals surface area contributed by atoms with Crippen molar-refractivity contribution in [2.75, 3.05) is 24.2 Å². The Morgan fingerprint density at radius 3 is 2.74 bits per heavy atom. The van der Waals surface area contributed by atoms with E-state index in [-0.39, 0.29) is 11.9 Å². The van der Waals surface area contributed by atoms with E-state index in [4.69, 9.17) is 0 Å². The summed E-state index contributed by atoms with van der Waals surface area (Å²) in [7, 11) is 0. The molecule has 0 saturated carbocycles. The van der Waals surface area contributed by atoms with Gasteiger partial charge in [0.15, 0.2) is 0 Å². The van der Waals surface area contributed by atoms with Crippen molar-refractivity contribution in [2.24, 2.45) is 0 Å². The molecule has 1 aliphatic heterocycles. The first-order valence-corrected chi connectivity index (χ1v) is 8.77. The predicted octanol–water partition coefficient (Wildman–Crippen LogP) is 2.59. The molecular formula is C17H20N4OS. The molecule has 1 aromatic carbocycles. The number of nitrogens with zero attached hydrogens (tertiary/aromatic N) is 3. The molecule has 0 spiro atoms. The van der Waals surface area contributed by atoms with Gasteiger partial charge in [-0.1, -0.05) is 30.3 Å². The van der Waals surface area contributed by atoms with Gasteiger partial charge in [0, 0.05) is 36.5 Å². The van der Waals surface area contributed by atoms with Crippen LogP contribution in [0.15, 0.2) is 48.8 Å². The van der Waals surface area contributed by atoms with E-state index in [9.17, 15) is 4.79 Å². The van der Waals surface area contributed by atoms with Crippen LogP contribution in [0.2, 0.25) is 0 Å². The molecule has 0 unspecified atom stereocenters. The van der Waals surface area contributed by atoms with Crippen LogP contribution in [0, 0.1) is 0 Å². The number of carbonyl (C=O) groups excluding carboxylic acids is 1. The minimum Gasteiger partial charge on any atom is -0.293 e. The molecule has 2 atom stereocenters. The van der Waals surface area contributed by atoms with Crippen LogP contribution < -0.4 is 5.32 Å². The van der Waals surface area contributed by atoms with Crippen molar-refractivity contribution in [3.63, 3.8) is 0 Å². The molecule has 1 fully saturated rings. The van der Waals surface area contributed by atoms with Gasteiger partial charge in [0.05, 0.1) is 6.04 Å². The van der Waals surface area contributed by atoms with Gasteiger partial charge in [0.25, 0.3) is 0 Å². The average molecular weight is 328 g/mol. The van der Waals surface area contributed by atoms with Gasteiger partial charge in [0.2, 0.25) is 11.9 Å². The molecule has 120 valence electrons. The number of benzene rings is 1. The summed E-state index contributed by atoms with van der Waals surface area (Å²) >= 11 is 1.96. The second-order valence-corrected chi connectivity index (χ2v) is 6.81. The maximum absolute atomic E-state index is 12.4. The van der Waals surface area contributed by atoms with Crippen LogP contribution in [-0.2, 0) is 4.79 Å². The Labute approximate surface area is 140 Å². The molecule has 1 aliphatic rings. The molecule has 0 bridgehead atoms. The third kappa shape index (κ3) is 4.09. The summed E-state index contributed by atoms with van der Waals surface area (Å²) in [6, 6.07) is 12.0. The number of carbonyl (C=O) groups is 1. The fraction of sp³-hybridized carbons (Fsp3) is 0.353. The predicted molar refractivity (Wildman–Crippen MR) is 93.3 cm³/mol. The number of amides is 1. The molecule has 1 saturated heterocycles. The zero-order chi connectivity index (χ0) is 16.1. The fourth-order valence-electron chi connectivity index (χ4n) is 2.63. The minimum atomic E-state index is -0.203. The maximum Gasteiger partial charge on any atom is 0.243 e. The van der Waals surface area contributed by atoms with Crippen LogP contribution in [0.4, 0.5) is 5.95 Å². The molecule has 1 N–H and O–H groups in total. The fourth-order valence-corrected chi connectivity index (χ4v) is 3.91. The van der Waals surface area contributed by atoms with Crippen molar-refractivity contribution in [3.8, 4) is 0 Å². The van der Waals surface area contributed by atoms with Crippen LogP contribution in [0.3, 0.4) is 0 Å². The third-order valence-electron chi connectivity index (χ3n) is 4.00. The Hall–Kier alpha value is -1.92. The van der Waals surface area contributed by atoms with Crippen molar-refractivity contribution >= 4 is 23.6 Å². The molecule has 6 heteroatoms. The van der Waals surface area contributed by atoms with Crippen LogP contribution in [-0.4, -0.2) is 45.7 Å². The van der Waals surface area contributed by atoms with E-state index >= 15 is 0 Å². The lowest BCUT2D eigenvalue weighted by Crippen LogP contribution is -2.46. The van der Waals surface area contributed by atoms with Crippen LogP contribution in [0.5, 0.6) is 0 Å². The quantitative estimate of drug-likeness (QED) is 0.935. The molecule has 0 radical (unpaired) electrons.